The number of carbonyl (C=O) groups excluding carboxylic acids is 1. The molecule has 0 aromatic heterocycles. The zero-order valence-electron chi connectivity index (χ0n) is 10.9. The number of alkyl halides is 2. The van der Waals surface area contributed by atoms with Gasteiger partial charge in [0, 0.05) is 5.69 Å². The molecule has 2 N–H and O–H groups in total. The molecule has 0 saturated heterocycles. The van der Waals surface area contributed by atoms with Crippen molar-refractivity contribution in [1.82, 2.24) is 0 Å². The first-order valence-corrected chi connectivity index (χ1v) is 5.90. The summed E-state index contributed by atoms with van der Waals surface area (Å²) in [6.07, 6.45) is -2.60. The van der Waals surface area contributed by atoms with Gasteiger partial charge in [-0.2, -0.15) is 0 Å². The molecule has 0 aliphatic heterocycles. The number of carbonyl (C=O) groups is 2. The van der Waals surface area contributed by atoms with Gasteiger partial charge in [0.1, 0.15) is 6.61 Å². The average molecular weight is 287 g/mol. The monoisotopic (exact) mass is 287 g/mol. The van der Waals surface area contributed by atoms with Crippen LogP contribution >= 0.6 is 0 Å². The molecule has 0 saturated carbocycles. The van der Waals surface area contributed by atoms with Crippen molar-refractivity contribution in [3.63, 3.8) is 0 Å². The summed E-state index contributed by atoms with van der Waals surface area (Å²) in [4.78, 5) is 22.3. The van der Waals surface area contributed by atoms with E-state index in [1.807, 2.05) is 0 Å². The zero-order valence-corrected chi connectivity index (χ0v) is 10.9. The first-order chi connectivity index (χ1) is 9.40. The second-order valence-electron chi connectivity index (χ2n) is 4.10. The fourth-order valence-electron chi connectivity index (χ4n) is 1.49. The molecule has 0 radical (unpaired) electrons. The van der Waals surface area contributed by atoms with E-state index in [-0.39, 0.29) is 24.5 Å². The summed E-state index contributed by atoms with van der Waals surface area (Å²) in [6.45, 7) is 0.872. The minimum Gasteiger partial charge on any atom is -0.478 e. The number of aromatic carboxylic acids is 1. The number of amides is 1. The Hall–Kier alpha value is -2.02. The van der Waals surface area contributed by atoms with Crippen LogP contribution < -0.4 is 5.32 Å². The number of anilines is 1. The van der Waals surface area contributed by atoms with E-state index >= 15 is 0 Å². The Labute approximate surface area is 114 Å². The van der Waals surface area contributed by atoms with E-state index in [1.165, 1.54) is 18.2 Å². The second kappa shape index (κ2) is 7.54. The Kier molecular flexibility index (Phi) is 6.05. The molecule has 1 aromatic rings. The Morgan fingerprint density at radius 3 is 2.65 bits per heavy atom. The number of rotatable bonds is 7. The van der Waals surface area contributed by atoms with Crippen molar-refractivity contribution in [1.29, 1.82) is 0 Å². The van der Waals surface area contributed by atoms with Crippen molar-refractivity contribution in [2.45, 2.75) is 19.8 Å². The highest BCUT2D eigenvalue weighted by molar-refractivity contribution is 5.93. The van der Waals surface area contributed by atoms with Gasteiger partial charge in [-0.25, -0.2) is 13.6 Å². The highest BCUT2D eigenvalue weighted by atomic mass is 19.3. The number of hydrogen-bond acceptors (Lipinski definition) is 3. The van der Waals surface area contributed by atoms with Gasteiger partial charge in [0.15, 0.2) is 0 Å². The number of aryl methyl sites for hydroxylation is 1. The maximum atomic E-state index is 11.8. The topological polar surface area (TPSA) is 75.6 Å². The number of benzene rings is 1. The fourth-order valence-corrected chi connectivity index (χ4v) is 1.49. The van der Waals surface area contributed by atoms with Crippen LogP contribution in [0.3, 0.4) is 0 Å². The predicted octanol–water partition coefficient (Wildman–Crippen LogP) is 2.30. The van der Waals surface area contributed by atoms with Crippen molar-refractivity contribution < 1.29 is 28.2 Å². The van der Waals surface area contributed by atoms with Gasteiger partial charge < -0.3 is 15.2 Å². The van der Waals surface area contributed by atoms with Crippen LogP contribution in [0.15, 0.2) is 18.2 Å². The lowest BCUT2D eigenvalue weighted by molar-refractivity contribution is -0.117. The summed E-state index contributed by atoms with van der Waals surface area (Å²) in [5.41, 5.74) is 1.21. The maximum Gasteiger partial charge on any atom is 0.335 e. The second-order valence-corrected chi connectivity index (χ2v) is 4.10. The van der Waals surface area contributed by atoms with Crippen LogP contribution in [0.25, 0.3) is 0 Å². The zero-order chi connectivity index (χ0) is 15.1. The molecule has 0 aliphatic rings. The van der Waals surface area contributed by atoms with Gasteiger partial charge >= 0.3 is 5.97 Å². The number of nitrogens with one attached hydrogen (secondary N) is 1. The molecule has 0 unspecified atom stereocenters. The Morgan fingerprint density at radius 1 is 1.40 bits per heavy atom. The maximum absolute atomic E-state index is 11.8. The summed E-state index contributed by atoms with van der Waals surface area (Å²) < 4.78 is 28.2. The van der Waals surface area contributed by atoms with Crippen LogP contribution in [-0.2, 0) is 9.53 Å². The van der Waals surface area contributed by atoms with E-state index in [0.717, 1.165) is 0 Å². The first-order valence-electron chi connectivity index (χ1n) is 5.90. The van der Waals surface area contributed by atoms with E-state index in [2.05, 4.69) is 10.1 Å². The molecule has 0 aliphatic carbocycles. The molecule has 0 atom stereocenters. The van der Waals surface area contributed by atoms with Crippen molar-refractivity contribution in [3.05, 3.63) is 29.3 Å². The number of ether oxygens (including phenoxy) is 1. The summed E-state index contributed by atoms with van der Waals surface area (Å²) in [6, 6.07) is 4.29. The van der Waals surface area contributed by atoms with Crippen molar-refractivity contribution >= 4 is 17.6 Å². The molecule has 0 spiro atoms. The fraction of sp³-hybridized carbons (Fsp3) is 0.385. The third-order valence-corrected chi connectivity index (χ3v) is 2.46. The van der Waals surface area contributed by atoms with E-state index in [0.29, 0.717) is 11.3 Å². The van der Waals surface area contributed by atoms with E-state index < -0.39 is 19.0 Å². The Balaban J connectivity index is 2.48. The summed E-state index contributed by atoms with van der Waals surface area (Å²) in [7, 11) is 0. The molecule has 110 valence electrons. The van der Waals surface area contributed by atoms with Gasteiger partial charge in [-0.05, 0) is 30.7 Å². The third-order valence-electron chi connectivity index (χ3n) is 2.46. The molecule has 1 amide bonds. The largest absolute Gasteiger partial charge is 0.478 e. The van der Waals surface area contributed by atoms with E-state index in [1.54, 1.807) is 6.92 Å². The third kappa shape index (κ3) is 5.31. The smallest absolute Gasteiger partial charge is 0.335 e. The molecule has 0 bridgehead atoms. The molecule has 1 aromatic carbocycles. The predicted molar refractivity (Wildman–Crippen MR) is 68.2 cm³/mol. The normalized spacial score (nSPS) is 10.6. The summed E-state index contributed by atoms with van der Waals surface area (Å²) >= 11 is 0. The molecule has 7 heteroatoms. The minimum atomic E-state index is -2.55. The molecule has 5 nitrogen and oxygen atoms in total. The van der Waals surface area contributed by atoms with Crippen LogP contribution in [0, 0.1) is 6.92 Å². The van der Waals surface area contributed by atoms with Gasteiger partial charge in [-0.15, -0.1) is 0 Å². The quantitative estimate of drug-likeness (QED) is 0.754. The number of halogens is 2. The SMILES string of the molecule is Cc1cc(C(=O)O)ccc1NC(=O)CCOCC(F)F. The highest BCUT2D eigenvalue weighted by Gasteiger charge is 2.09. The van der Waals surface area contributed by atoms with Crippen molar-refractivity contribution in [3.8, 4) is 0 Å². The molecule has 0 heterocycles. The van der Waals surface area contributed by atoms with Crippen LogP contribution in [0.4, 0.5) is 14.5 Å². The summed E-state index contributed by atoms with van der Waals surface area (Å²) in [5, 5.41) is 11.4. The van der Waals surface area contributed by atoms with Gasteiger partial charge in [-0.1, -0.05) is 0 Å². The van der Waals surface area contributed by atoms with E-state index in [4.69, 9.17) is 5.11 Å². The van der Waals surface area contributed by atoms with Crippen LogP contribution in [-0.4, -0.2) is 36.6 Å². The molecular weight excluding hydrogens is 272 g/mol. The van der Waals surface area contributed by atoms with Gasteiger partial charge in [0.25, 0.3) is 6.43 Å². The van der Waals surface area contributed by atoms with Gasteiger partial charge in [0.2, 0.25) is 5.91 Å². The van der Waals surface area contributed by atoms with Gasteiger partial charge in [-0.3, -0.25) is 4.79 Å². The first kappa shape index (κ1) is 16.0. The summed E-state index contributed by atoms with van der Waals surface area (Å²) in [5.74, 6) is -1.43. The lowest BCUT2D eigenvalue weighted by atomic mass is 10.1. The van der Waals surface area contributed by atoms with Crippen LogP contribution in [0.2, 0.25) is 0 Å². The lowest BCUT2D eigenvalue weighted by Crippen LogP contribution is -2.16. The molecule has 0 fully saturated rings. The standard InChI is InChI=1S/C13H15F2NO4/c1-8-6-9(13(18)19)2-3-10(8)16-12(17)4-5-20-7-11(14)15/h2-3,6,11H,4-5,7H2,1H3,(H,16,17)(H,18,19). The molecule has 20 heavy (non-hydrogen) atoms. The number of carboxylic acids is 1. The highest BCUT2D eigenvalue weighted by Crippen LogP contribution is 2.16. The Bertz CT molecular complexity index is 491. The van der Waals surface area contributed by atoms with Crippen LogP contribution in [0.1, 0.15) is 22.3 Å². The number of carboxylic acid groups (broad SMARTS) is 1. The Morgan fingerprint density at radius 2 is 2.10 bits per heavy atom. The van der Waals surface area contributed by atoms with Crippen LogP contribution in [0.5, 0.6) is 0 Å². The van der Waals surface area contributed by atoms with Gasteiger partial charge in [0.05, 0.1) is 18.6 Å². The minimum absolute atomic E-state index is 0.0488. The van der Waals surface area contributed by atoms with Crippen molar-refractivity contribution in [2.75, 3.05) is 18.5 Å². The molecular formula is C13H15F2NO4. The average Bonchev–Trinajstić information content (AvgIpc) is 2.36. The van der Waals surface area contributed by atoms with E-state index in [9.17, 15) is 18.4 Å². The molecule has 1 rings (SSSR count). The lowest BCUT2D eigenvalue weighted by Gasteiger charge is -2.09. The van der Waals surface area contributed by atoms with Crippen molar-refractivity contribution in [2.24, 2.45) is 0 Å². The number of hydrogen-bond donors (Lipinski definition) is 2.